The molecule has 2 N–H and O–H groups in total. The Labute approximate surface area is 114 Å². The first-order chi connectivity index (χ1) is 8.84. The Morgan fingerprint density at radius 1 is 1.28 bits per heavy atom. The van der Waals surface area contributed by atoms with Crippen LogP contribution < -0.4 is 5.73 Å². The number of hydrogen-bond acceptors (Lipinski definition) is 3. The topological polar surface area (TPSA) is 29.3 Å². The third kappa shape index (κ3) is 2.63. The number of thiophene rings is 1. The summed E-state index contributed by atoms with van der Waals surface area (Å²) in [7, 11) is 0. The van der Waals surface area contributed by atoms with Gasteiger partial charge in [-0.15, -0.1) is 11.3 Å². The van der Waals surface area contributed by atoms with Crippen LogP contribution in [0.3, 0.4) is 0 Å². The maximum atomic E-state index is 6.35. The minimum Gasteiger partial charge on any atom is -0.322 e. The Balaban J connectivity index is 1.60. The Hall–Kier alpha value is -0.380. The van der Waals surface area contributed by atoms with E-state index in [4.69, 9.17) is 5.73 Å². The molecule has 18 heavy (non-hydrogen) atoms. The van der Waals surface area contributed by atoms with Crippen LogP contribution in [0.4, 0.5) is 0 Å². The van der Waals surface area contributed by atoms with Gasteiger partial charge in [0.05, 0.1) is 6.04 Å². The van der Waals surface area contributed by atoms with E-state index in [1.807, 2.05) is 0 Å². The fourth-order valence-corrected chi connectivity index (χ4v) is 4.52. The molecule has 2 fully saturated rings. The molecule has 3 heteroatoms. The van der Waals surface area contributed by atoms with Crippen molar-refractivity contribution in [1.29, 1.82) is 0 Å². The number of rotatable bonds is 4. The molecule has 0 radical (unpaired) electrons. The molecule has 2 aliphatic rings. The van der Waals surface area contributed by atoms with Crippen molar-refractivity contribution in [3.8, 4) is 0 Å². The maximum absolute atomic E-state index is 6.35. The second-order valence-electron chi connectivity index (χ2n) is 5.87. The van der Waals surface area contributed by atoms with E-state index in [2.05, 4.69) is 22.4 Å². The van der Waals surface area contributed by atoms with Gasteiger partial charge in [-0.2, -0.15) is 0 Å². The number of nitrogens with two attached hydrogens (primary N) is 1. The van der Waals surface area contributed by atoms with E-state index in [1.165, 1.54) is 49.9 Å². The zero-order valence-electron chi connectivity index (χ0n) is 11.1. The molecule has 1 aliphatic carbocycles. The van der Waals surface area contributed by atoms with Crippen LogP contribution >= 0.6 is 11.3 Å². The Morgan fingerprint density at radius 3 is 2.83 bits per heavy atom. The second-order valence-corrected chi connectivity index (χ2v) is 6.85. The molecule has 1 aromatic rings. The van der Waals surface area contributed by atoms with Crippen molar-refractivity contribution < 1.29 is 0 Å². The predicted octanol–water partition coefficient (Wildman–Crippen LogP) is 3.40. The largest absolute Gasteiger partial charge is 0.322 e. The van der Waals surface area contributed by atoms with E-state index in [0.29, 0.717) is 0 Å². The minimum atomic E-state index is 0.215. The van der Waals surface area contributed by atoms with Crippen LogP contribution in [0.25, 0.3) is 0 Å². The zero-order chi connectivity index (χ0) is 12.4. The molecule has 0 amide bonds. The average Bonchev–Trinajstić information content (AvgIpc) is 3.11. The Morgan fingerprint density at radius 2 is 2.11 bits per heavy atom. The van der Waals surface area contributed by atoms with Gasteiger partial charge in [-0.1, -0.05) is 18.9 Å². The van der Waals surface area contributed by atoms with E-state index >= 15 is 0 Å². The molecule has 2 heterocycles. The highest BCUT2D eigenvalue weighted by Crippen LogP contribution is 2.36. The number of hydrogen-bond donors (Lipinski definition) is 1. The smallest absolute Gasteiger partial charge is 0.0519 e. The van der Waals surface area contributed by atoms with Crippen molar-refractivity contribution in [2.75, 3.05) is 13.1 Å². The van der Waals surface area contributed by atoms with Crippen LogP contribution in [0, 0.1) is 5.92 Å². The van der Waals surface area contributed by atoms with E-state index in [1.54, 1.807) is 11.3 Å². The van der Waals surface area contributed by atoms with Gasteiger partial charge in [-0.3, -0.25) is 4.90 Å². The Kier molecular flexibility index (Phi) is 4.02. The fourth-order valence-electron chi connectivity index (χ4n) is 3.80. The van der Waals surface area contributed by atoms with Gasteiger partial charge in [0.1, 0.15) is 0 Å². The van der Waals surface area contributed by atoms with Gasteiger partial charge >= 0.3 is 0 Å². The van der Waals surface area contributed by atoms with Crippen LogP contribution in [0.5, 0.6) is 0 Å². The van der Waals surface area contributed by atoms with E-state index in [9.17, 15) is 0 Å². The molecule has 0 spiro atoms. The standard InChI is InChI=1S/C15H24N2S/c16-13(15-8-4-10-18-15)11-17-9-3-7-14(17)12-5-1-2-6-12/h4,8,10,12-14H,1-3,5-7,9,11,16H2. The molecule has 3 rings (SSSR count). The highest BCUT2D eigenvalue weighted by Gasteiger charge is 2.33. The number of nitrogens with zero attached hydrogens (tertiary/aromatic N) is 1. The summed E-state index contributed by atoms with van der Waals surface area (Å²) >= 11 is 1.80. The molecule has 1 aliphatic heterocycles. The normalized spacial score (nSPS) is 27.9. The first-order valence-corrected chi connectivity index (χ1v) is 8.25. The molecule has 2 atom stereocenters. The predicted molar refractivity (Wildman–Crippen MR) is 77.8 cm³/mol. The van der Waals surface area contributed by atoms with Crippen LogP contribution in [0.15, 0.2) is 17.5 Å². The van der Waals surface area contributed by atoms with E-state index < -0.39 is 0 Å². The monoisotopic (exact) mass is 264 g/mol. The van der Waals surface area contributed by atoms with Crippen molar-refractivity contribution in [3.05, 3.63) is 22.4 Å². The summed E-state index contributed by atoms with van der Waals surface area (Å²) in [4.78, 5) is 4.02. The van der Waals surface area contributed by atoms with Gasteiger partial charge in [-0.05, 0) is 49.6 Å². The summed E-state index contributed by atoms with van der Waals surface area (Å²) in [5.41, 5.74) is 6.35. The molecule has 2 nitrogen and oxygen atoms in total. The molecular weight excluding hydrogens is 240 g/mol. The lowest BCUT2D eigenvalue weighted by molar-refractivity contribution is 0.181. The zero-order valence-corrected chi connectivity index (χ0v) is 11.9. The van der Waals surface area contributed by atoms with Gasteiger partial charge < -0.3 is 5.73 Å². The molecule has 100 valence electrons. The molecule has 1 saturated carbocycles. The third-order valence-corrected chi connectivity index (χ3v) is 5.70. The molecule has 2 unspecified atom stereocenters. The third-order valence-electron chi connectivity index (χ3n) is 4.70. The lowest BCUT2D eigenvalue weighted by atomic mass is 9.96. The van der Waals surface area contributed by atoms with Gasteiger partial charge in [0.2, 0.25) is 0 Å². The lowest BCUT2D eigenvalue weighted by Crippen LogP contribution is -2.39. The highest BCUT2D eigenvalue weighted by molar-refractivity contribution is 7.10. The quantitative estimate of drug-likeness (QED) is 0.903. The van der Waals surface area contributed by atoms with Crippen LogP contribution in [0.2, 0.25) is 0 Å². The fraction of sp³-hybridized carbons (Fsp3) is 0.733. The summed E-state index contributed by atoms with van der Waals surface area (Å²) in [6.45, 7) is 2.32. The van der Waals surface area contributed by atoms with Crippen molar-refractivity contribution in [2.45, 2.75) is 50.6 Å². The van der Waals surface area contributed by atoms with Gasteiger partial charge in [0.25, 0.3) is 0 Å². The minimum absolute atomic E-state index is 0.215. The molecule has 0 aromatic carbocycles. The van der Waals surface area contributed by atoms with Crippen molar-refractivity contribution in [1.82, 2.24) is 4.90 Å². The summed E-state index contributed by atoms with van der Waals surface area (Å²) in [6, 6.07) is 5.33. The summed E-state index contributed by atoms with van der Waals surface area (Å²) in [6.07, 6.45) is 8.59. The van der Waals surface area contributed by atoms with Crippen molar-refractivity contribution in [3.63, 3.8) is 0 Å². The van der Waals surface area contributed by atoms with Crippen LogP contribution in [-0.2, 0) is 0 Å². The molecule has 0 bridgehead atoms. The van der Waals surface area contributed by atoms with Gasteiger partial charge in [0.15, 0.2) is 0 Å². The molecular formula is C15H24N2S. The summed E-state index contributed by atoms with van der Waals surface area (Å²) in [5, 5.41) is 2.13. The lowest BCUT2D eigenvalue weighted by Gasteiger charge is -2.31. The Bertz CT molecular complexity index is 357. The van der Waals surface area contributed by atoms with Crippen molar-refractivity contribution >= 4 is 11.3 Å². The van der Waals surface area contributed by atoms with Crippen molar-refractivity contribution in [2.24, 2.45) is 11.7 Å². The van der Waals surface area contributed by atoms with Gasteiger partial charge in [-0.25, -0.2) is 0 Å². The molecule has 1 aromatic heterocycles. The van der Waals surface area contributed by atoms with E-state index in [-0.39, 0.29) is 6.04 Å². The SMILES string of the molecule is NC(CN1CCCC1C1CCCC1)c1cccs1. The molecule has 1 saturated heterocycles. The van der Waals surface area contributed by atoms with Crippen LogP contribution in [0.1, 0.15) is 49.4 Å². The van der Waals surface area contributed by atoms with E-state index in [0.717, 1.165) is 18.5 Å². The first kappa shape index (κ1) is 12.6. The van der Waals surface area contributed by atoms with Gasteiger partial charge in [0, 0.05) is 17.5 Å². The summed E-state index contributed by atoms with van der Waals surface area (Å²) in [5.74, 6) is 0.961. The highest BCUT2D eigenvalue weighted by atomic mass is 32.1. The maximum Gasteiger partial charge on any atom is 0.0519 e. The number of likely N-dealkylation sites (tertiary alicyclic amines) is 1. The summed E-state index contributed by atoms with van der Waals surface area (Å²) < 4.78 is 0. The van der Waals surface area contributed by atoms with Crippen LogP contribution in [-0.4, -0.2) is 24.0 Å². The first-order valence-electron chi connectivity index (χ1n) is 7.37. The average molecular weight is 264 g/mol. The second kappa shape index (κ2) is 5.72.